The van der Waals surface area contributed by atoms with Gasteiger partial charge in [-0.25, -0.2) is 4.98 Å². The summed E-state index contributed by atoms with van der Waals surface area (Å²) in [6.45, 7) is 7.92. The van der Waals surface area contributed by atoms with Crippen LogP contribution in [-0.2, 0) is 20.7 Å². The zero-order chi connectivity index (χ0) is 23.1. The molecule has 1 aliphatic heterocycles. The Morgan fingerprint density at radius 1 is 1.09 bits per heavy atom. The summed E-state index contributed by atoms with van der Waals surface area (Å²) in [7, 11) is 0. The Bertz CT molecular complexity index is 888. The van der Waals surface area contributed by atoms with Gasteiger partial charge in [-0.2, -0.15) is 0 Å². The van der Waals surface area contributed by atoms with Gasteiger partial charge < -0.3 is 19.6 Å². The van der Waals surface area contributed by atoms with Crippen LogP contribution in [0.2, 0.25) is 0 Å². The molecule has 8 nitrogen and oxygen atoms in total. The number of amides is 1. The van der Waals surface area contributed by atoms with Gasteiger partial charge in [-0.15, -0.1) is 0 Å². The van der Waals surface area contributed by atoms with Crippen LogP contribution in [0, 0.1) is 0 Å². The van der Waals surface area contributed by atoms with Crippen molar-refractivity contribution in [3.63, 3.8) is 0 Å². The molecule has 3 rings (SSSR count). The van der Waals surface area contributed by atoms with Crippen LogP contribution in [0.4, 0.5) is 5.82 Å². The van der Waals surface area contributed by atoms with E-state index < -0.39 is 17.6 Å². The minimum absolute atomic E-state index is 0.0534. The molecule has 0 aliphatic carbocycles. The molecule has 1 unspecified atom stereocenters. The summed E-state index contributed by atoms with van der Waals surface area (Å²) in [5, 5.41) is 12.6. The molecule has 1 aromatic heterocycles. The van der Waals surface area contributed by atoms with Crippen LogP contribution in [0.1, 0.15) is 26.3 Å². The summed E-state index contributed by atoms with van der Waals surface area (Å²) in [6.07, 6.45) is 2.17. The molecule has 8 heteroatoms. The summed E-state index contributed by atoms with van der Waals surface area (Å²) < 4.78 is 5.37. The van der Waals surface area contributed by atoms with Crippen molar-refractivity contribution in [2.24, 2.45) is 0 Å². The van der Waals surface area contributed by atoms with Gasteiger partial charge in [0.2, 0.25) is 5.91 Å². The molecule has 1 atom stereocenters. The van der Waals surface area contributed by atoms with Gasteiger partial charge in [0.1, 0.15) is 17.2 Å². The number of hydrogen-bond donors (Lipinski definition) is 2. The Morgan fingerprint density at radius 2 is 1.78 bits per heavy atom. The fourth-order valence-electron chi connectivity index (χ4n) is 3.62. The maximum atomic E-state index is 13.3. The van der Waals surface area contributed by atoms with Crippen LogP contribution < -0.4 is 10.2 Å². The summed E-state index contributed by atoms with van der Waals surface area (Å²) in [6, 6.07) is 12.0. The lowest BCUT2D eigenvalue weighted by Gasteiger charge is -2.37. The number of aromatic hydroxyl groups is 1. The Balaban J connectivity index is 1.64. The van der Waals surface area contributed by atoms with Crippen LogP contribution in [0.15, 0.2) is 48.7 Å². The largest absolute Gasteiger partial charge is 0.508 e. The van der Waals surface area contributed by atoms with Crippen molar-refractivity contribution >= 4 is 17.7 Å². The van der Waals surface area contributed by atoms with Gasteiger partial charge >= 0.3 is 5.97 Å². The highest BCUT2D eigenvalue weighted by atomic mass is 16.6. The van der Waals surface area contributed by atoms with Gasteiger partial charge in [0, 0.05) is 32.4 Å². The number of pyridine rings is 1. The molecule has 0 saturated carbocycles. The second-order valence-corrected chi connectivity index (χ2v) is 8.89. The van der Waals surface area contributed by atoms with Crippen LogP contribution >= 0.6 is 0 Å². The van der Waals surface area contributed by atoms with E-state index in [1.165, 1.54) is 0 Å². The molecule has 32 heavy (non-hydrogen) atoms. The number of phenols is 1. The smallest absolute Gasteiger partial charge is 0.320 e. The van der Waals surface area contributed by atoms with E-state index in [2.05, 4.69) is 15.2 Å². The molecule has 0 bridgehead atoms. The van der Waals surface area contributed by atoms with Crippen LogP contribution in [0.5, 0.6) is 5.75 Å². The molecular formula is C24H32N4O4. The van der Waals surface area contributed by atoms with Crippen molar-refractivity contribution in [3.05, 3.63) is 54.2 Å². The van der Waals surface area contributed by atoms with Gasteiger partial charge in [-0.3, -0.25) is 14.9 Å². The van der Waals surface area contributed by atoms with E-state index in [-0.39, 0.29) is 18.2 Å². The highest BCUT2D eigenvalue weighted by Crippen LogP contribution is 2.16. The average molecular weight is 441 g/mol. The number of anilines is 1. The Kier molecular flexibility index (Phi) is 7.69. The number of carbonyl (C=O) groups excluding carboxylic acids is 2. The zero-order valence-corrected chi connectivity index (χ0v) is 19.0. The average Bonchev–Trinajstić information content (AvgIpc) is 2.77. The lowest BCUT2D eigenvalue weighted by Crippen LogP contribution is -2.55. The number of benzene rings is 1. The standard InChI is InChI=1S/C24H32N4O4/c1-24(2,3)32-22(30)17-26-20(16-18-7-9-19(29)10-8-18)23(31)28-14-12-27(13-15-28)21-6-4-5-11-25-21/h4-11,20,26,29H,12-17H2,1-3H3. The number of nitrogens with one attached hydrogen (secondary N) is 1. The highest BCUT2D eigenvalue weighted by Gasteiger charge is 2.29. The Hall–Kier alpha value is -3.13. The normalized spacial score (nSPS) is 15.3. The fourth-order valence-corrected chi connectivity index (χ4v) is 3.62. The number of esters is 1. The van der Waals surface area contributed by atoms with Crippen LogP contribution in [0.3, 0.4) is 0 Å². The zero-order valence-electron chi connectivity index (χ0n) is 19.0. The van der Waals surface area contributed by atoms with Crippen molar-refractivity contribution < 1.29 is 19.4 Å². The summed E-state index contributed by atoms with van der Waals surface area (Å²) in [5.41, 5.74) is 0.307. The number of piperazine rings is 1. The minimum Gasteiger partial charge on any atom is -0.508 e. The third-order valence-corrected chi connectivity index (χ3v) is 5.15. The number of aromatic nitrogens is 1. The lowest BCUT2D eigenvalue weighted by molar-refractivity contribution is -0.153. The molecule has 2 aromatic rings. The van der Waals surface area contributed by atoms with E-state index in [1.54, 1.807) is 30.5 Å². The monoisotopic (exact) mass is 440 g/mol. The number of rotatable bonds is 7. The van der Waals surface area contributed by atoms with Crippen molar-refractivity contribution in [2.45, 2.75) is 38.8 Å². The van der Waals surface area contributed by atoms with Gasteiger partial charge in [-0.05, 0) is 57.0 Å². The molecule has 1 fully saturated rings. The van der Waals surface area contributed by atoms with E-state index in [0.717, 1.165) is 11.4 Å². The van der Waals surface area contributed by atoms with E-state index >= 15 is 0 Å². The second kappa shape index (κ2) is 10.5. The topological polar surface area (TPSA) is 95.0 Å². The van der Waals surface area contributed by atoms with Gasteiger partial charge in [-0.1, -0.05) is 18.2 Å². The molecule has 0 spiro atoms. The molecule has 1 aliphatic rings. The Morgan fingerprint density at radius 3 is 2.38 bits per heavy atom. The maximum absolute atomic E-state index is 13.3. The SMILES string of the molecule is CC(C)(C)OC(=O)CNC(Cc1ccc(O)cc1)C(=O)N1CCN(c2ccccn2)CC1. The maximum Gasteiger partial charge on any atom is 0.320 e. The van der Waals surface area contributed by atoms with Crippen molar-refractivity contribution in [3.8, 4) is 5.75 Å². The van der Waals surface area contributed by atoms with Crippen LogP contribution in [0.25, 0.3) is 0 Å². The van der Waals surface area contributed by atoms with Gasteiger partial charge in [0.05, 0.1) is 12.6 Å². The molecular weight excluding hydrogens is 408 g/mol. The van der Waals surface area contributed by atoms with E-state index in [4.69, 9.17) is 4.74 Å². The van der Waals surface area contributed by atoms with E-state index in [9.17, 15) is 14.7 Å². The molecule has 1 saturated heterocycles. The van der Waals surface area contributed by atoms with Crippen molar-refractivity contribution in [1.82, 2.24) is 15.2 Å². The number of carbonyl (C=O) groups is 2. The number of phenolic OH excluding ortho intramolecular Hbond substituents is 1. The molecule has 2 N–H and O–H groups in total. The minimum atomic E-state index is -0.586. The molecule has 172 valence electrons. The van der Waals surface area contributed by atoms with Crippen LogP contribution in [-0.4, -0.2) is 71.2 Å². The summed E-state index contributed by atoms with van der Waals surface area (Å²) in [5.74, 6) is 0.621. The number of hydrogen-bond acceptors (Lipinski definition) is 7. The first kappa shape index (κ1) is 23.5. The summed E-state index contributed by atoms with van der Waals surface area (Å²) in [4.78, 5) is 33.9. The quantitative estimate of drug-likeness (QED) is 0.636. The molecule has 1 amide bonds. The number of nitrogens with zero attached hydrogens (tertiary/aromatic N) is 3. The lowest BCUT2D eigenvalue weighted by atomic mass is 10.0. The fraction of sp³-hybridized carbons (Fsp3) is 0.458. The van der Waals surface area contributed by atoms with Crippen molar-refractivity contribution in [2.75, 3.05) is 37.6 Å². The predicted octanol–water partition coefficient (Wildman–Crippen LogP) is 1.98. The van der Waals surface area contributed by atoms with E-state index in [0.29, 0.717) is 32.6 Å². The van der Waals surface area contributed by atoms with E-state index in [1.807, 2.05) is 43.9 Å². The first-order valence-electron chi connectivity index (χ1n) is 10.9. The third-order valence-electron chi connectivity index (χ3n) is 5.15. The first-order chi connectivity index (χ1) is 15.2. The third kappa shape index (κ3) is 6.95. The molecule has 1 aromatic carbocycles. The van der Waals surface area contributed by atoms with Gasteiger partial charge in [0.25, 0.3) is 0 Å². The Labute approximate surface area is 189 Å². The predicted molar refractivity (Wildman–Crippen MR) is 122 cm³/mol. The molecule has 2 heterocycles. The van der Waals surface area contributed by atoms with Crippen molar-refractivity contribution in [1.29, 1.82) is 0 Å². The molecule has 0 radical (unpaired) electrons. The summed E-state index contributed by atoms with van der Waals surface area (Å²) >= 11 is 0. The second-order valence-electron chi connectivity index (χ2n) is 8.89. The first-order valence-corrected chi connectivity index (χ1v) is 10.9. The van der Waals surface area contributed by atoms with Gasteiger partial charge in [0.15, 0.2) is 0 Å². The number of ether oxygens (including phenoxy) is 1. The highest BCUT2D eigenvalue weighted by molar-refractivity contribution is 5.83.